The zero-order chi connectivity index (χ0) is 91.4. The molecule has 0 amide bonds. The summed E-state index contributed by atoms with van der Waals surface area (Å²) in [5, 5.41) is 46.5. The van der Waals surface area contributed by atoms with E-state index in [-0.39, 0.29) is 258 Å². The number of rotatable bonds is 22. The Balaban J connectivity index is -0.000000112. The molecule has 3 radical (unpaired) electrons. The first kappa shape index (κ1) is 135. The average molecular weight is 2070 g/mol. The number of hydrogen-bond acceptors (Lipinski definition) is 22. The molecule has 661 valence electrons. The Morgan fingerprint density at radius 2 is 0.833 bits per heavy atom. The molecule has 6 aromatic carbocycles. The Morgan fingerprint density at radius 3 is 1.12 bits per heavy atom. The fourth-order valence-corrected chi connectivity index (χ4v) is 8.32. The van der Waals surface area contributed by atoms with Crippen molar-refractivity contribution in [1.82, 2.24) is 0 Å². The predicted octanol–water partition coefficient (Wildman–Crippen LogP) is 6.63. The number of alkyl halides is 1. The van der Waals surface area contributed by atoms with Crippen molar-refractivity contribution in [1.29, 1.82) is 0 Å². The summed E-state index contributed by atoms with van der Waals surface area (Å²) in [5.41, 5.74) is 0.156. The first-order valence-corrected chi connectivity index (χ1v) is 42.2. The number of aliphatic hydroxyl groups excluding tert-OH is 5. The third-order valence-electron chi connectivity index (χ3n) is 13.0. The number of Topliss-reactive ketones (excluding diaryl/α,β-unsaturated/α-hetero) is 5. The van der Waals surface area contributed by atoms with Gasteiger partial charge in [0.25, 0.3) is 12.3 Å². The molecule has 2 fully saturated rings. The molecule has 0 spiro atoms. The van der Waals surface area contributed by atoms with Crippen LogP contribution in [-0.2, 0) is 98.1 Å². The number of benzene rings is 6. The molecular weight excluding hydrogens is 1970 g/mol. The quantitative estimate of drug-likeness (QED) is 0.00407. The van der Waals surface area contributed by atoms with Gasteiger partial charge in [-0.15, -0.1) is 0 Å². The zero-order valence-electron chi connectivity index (χ0n) is 71.7. The van der Waals surface area contributed by atoms with Gasteiger partial charge in [0.05, 0.1) is 77.0 Å². The van der Waals surface area contributed by atoms with Crippen LogP contribution in [0.25, 0.3) is 0 Å². The van der Waals surface area contributed by atoms with E-state index in [1.807, 2.05) is 6.92 Å². The minimum Gasteiger partial charge on any atom is -1.00 e. The molecule has 0 aromatic heterocycles. The second-order valence-electron chi connectivity index (χ2n) is 21.8. The first-order valence-electron chi connectivity index (χ1n) is 34.4. The molecule has 120 heavy (non-hydrogen) atoms. The molecule has 0 saturated carbocycles. The maximum atomic E-state index is 14.1. The van der Waals surface area contributed by atoms with Gasteiger partial charge in [0, 0.05) is 59.7 Å². The van der Waals surface area contributed by atoms with Gasteiger partial charge in [-0.1, -0.05) is 90.4 Å². The van der Waals surface area contributed by atoms with Gasteiger partial charge in [-0.2, -0.15) is 0 Å². The molecule has 0 atom stereocenters. The Morgan fingerprint density at radius 1 is 0.517 bits per heavy atom. The van der Waals surface area contributed by atoms with E-state index >= 15 is 0 Å². The number of ketones is 5. The number of aryl methyl sites for hydroxylation is 3. The van der Waals surface area contributed by atoms with Crippen LogP contribution >= 0.6 is 66.4 Å². The number of carbonyl (C=O) groups excluding carboxylic acids is 9. The predicted molar refractivity (Wildman–Crippen MR) is 428 cm³/mol. The van der Waals surface area contributed by atoms with E-state index in [2.05, 4.69) is 76.8 Å². The van der Waals surface area contributed by atoms with Crippen molar-refractivity contribution in [3.63, 3.8) is 0 Å². The monoisotopic (exact) mass is 2060 g/mol. The molecule has 6 aromatic rings. The smallest absolute Gasteiger partial charge is 1.00 e. The maximum absolute atomic E-state index is 14.1. The van der Waals surface area contributed by atoms with Crippen molar-refractivity contribution in [3.8, 4) is 0 Å². The first-order chi connectivity index (χ1) is 55.1. The van der Waals surface area contributed by atoms with Gasteiger partial charge in [0.1, 0.15) is 33.6 Å². The van der Waals surface area contributed by atoms with Gasteiger partial charge >= 0.3 is 144 Å². The molecule has 2 aliphatic heterocycles. The fraction of sp³-hybridized carbons (Fsp3) is 0.416. The average Bonchev–Trinajstić information content (AvgIpc) is 1.56. The van der Waals surface area contributed by atoms with Crippen molar-refractivity contribution in [2.75, 3.05) is 67.1 Å². The second kappa shape index (κ2) is 85.6. The second-order valence-corrected chi connectivity index (χ2v) is 37.7. The molecule has 0 unspecified atom stereocenters. The molecule has 43 heteroatoms. The van der Waals surface area contributed by atoms with Gasteiger partial charge in [-0.25, -0.2) is 57.5 Å². The maximum Gasteiger partial charge on any atom is 1.00 e. The number of aliphatic hydroxyl groups is 5. The minimum absolute atomic E-state index is 0. The van der Waals surface area contributed by atoms with Crippen molar-refractivity contribution < 1.29 is 296 Å². The van der Waals surface area contributed by atoms with Crippen LogP contribution < -0.4 is 138 Å². The van der Waals surface area contributed by atoms with E-state index in [1.165, 1.54) is 95.3 Å². The molecule has 0 aliphatic carbocycles. The summed E-state index contributed by atoms with van der Waals surface area (Å²) < 4.78 is 191. The normalized spacial score (nSPS) is 11.3. The van der Waals surface area contributed by atoms with Gasteiger partial charge in [-0.05, 0) is 180 Å². The van der Waals surface area contributed by atoms with E-state index in [0.717, 1.165) is 50.6 Å². The van der Waals surface area contributed by atoms with Crippen LogP contribution in [0.1, 0.15) is 154 Å². The van der Waals surface area contributed by atoms with Crippen molar-refractivity contribution in [3.05, 3.63) is 212 Å². The number of carbonyl (C=O) groups is 9. The SMILES string of the molecule is BrP(Br)Br.CC(=O)CC(C)=O.CC(=O)CCc1cccc(F)c1F.CC1(CCc2cccc(F)c2F)OCCO1.CCOC(=O)C(=O)c1ccc(CCC2(C)OCCO2)c(F)c1F.CCOC(=O)CC(C)=O.CO.CO.Fc1cccc(CBr)c1F.O=CO[O-].O=Cc1cccc(F)c1F.OCCO.OCc1cccc(F)c1F.[2H]CC.[B].[H-].[H-].[K+].[K+].[Na+]. The van der Waals surface area contributed by atoms with E-state index in [1.54, 1.807) is 26.8 Å². The fourth-order valence-electron chi connectivity index (χ4n) is 7.88. The van der Waals surface area contributed by atoms with E-state index in [0.29, 0.717) is 75.7 Å². The summed E-state index contributed by atoms with van der Waals surface area (Å²) >= 11 is 12.5. The summed E-state index contributed by atoms with van der Waals surface area (Å²) in [6.45, 7) is 16.1. The van der Waals surface area contributed by atoms with Crippen LogP contribution in [0.15, 0.2) is 103 Å². The Kier molecular flexibility index (Phi) is 96.4. The standard InChI is InChI=1S/C16H18F2O5.C12H14F2O2.C10H10F2O.C7H5BrF2.C7H6F2O.C7H4F2O.C6H10O3.C5H8O2.C2H6O2.C2H6.CH2O3.2CH4O.B.Br3P.2K.Na.2H/c1-3-21-15(20)14(19)11-5-4-10(12(17)13(11)18)6-7-16(2)22-8-9-23-16;1-12(15-7-8-16-12)6-5-9-3-2-4-10(13)11(9)14;1-7(13)5-6-8-3-2-4-9(11)10(8)12;8-4-5-2-1-3-6(9)7(5)10;2*8-6-3-1-2-5(4-10)7(6)9;1-3-9-6(8)4-5(2)7;1-4(6)3-5(2)7;3-1-2-4;1-2;2-1-4-3;2*1-2;;1-4(2)3;;;;;/h4-5H,3,6-9H2,1-2H3;2-4H,5-8H2,1H3;2-4H,5-6H2,1H3;1-3H,4H2;1-3,10H,4H2;1-4H;3-4H2,1-2H3;3H2,1-2H3;3-4H,1-2H2;1-2H3;1,3H;2*2H,1H3;;;;;;;/q;;;;;;;;;;;;;;;3*+1;2*-1/p-1/i;;;;;;;;;1D;;;;;;;;;;. The van der Waals surface area contributed by atoms with Gasteiger partial charge < -0.3 is 71.7 Å². The topological polar surface area (TPSA) is 342 Å². The molecule has 5 N–H and O–H groups in total. The summed E-state index contributed by atoms with van der Waals surface area (Å²) in [4.78, 5) is 95.6. The molecule has 2 heterocycles. The number of ether oxygens (including phenoxy) is 6. The van der Waals surface area contributed by atoms with Crippen LogP contribution in [0.5, 0.6) is 0 Å². The summed E-state index contributed by atoms with van der Waals surface area (Å²) in [6, 6.07) is 21.8. The Bertz CT molecular complexity index is 3790. The van der Waals surface area contributed by atoms with Crippen molar-refractivity contribution in [2.45, 2.75) is 144 Å². The largest absolute Gasteiger partial charge is 1.00 e. The number of halogens is 16. The molecule has 22 nitrogen and oxygen atoms in total. The molecule has 2 aliphatic rings. The Hall–Kier alpha value is -2.80. The minimum atomic E-state index is -1.35. The third-order valence-corrected chi connectivity index (χ3v) is 13.6. The van der Waals surface area contributed by atoms with Gasteiger partial charge in [-0.3, -0.25) is 33.6 Å². The summed E-state index contributed by atoms with van der Waals surface area (Å²) in [7, 11) is 2.00. The van der Waals surface area contributed by atoms with Crippen molar-refractivity contribution in [2.24, 2.45) is 0 Å². The summed E-state index contributed by atoms with van der Waals surface area (Å²) in [6.07, 6.45) is 2.21. The molecule has 2 saturated heterocycles. The summed E-state index contributed by atoms with van der Waals surface area (Å²) in [5.74, 6) is -16.0. The number of esters is 2. The third kappa shape index (κ3) is 67.5. The molecule has 8 rings (SSSR count). The molecular formula is C77H98BBr4F12K2NaO22P. The number of aldehydes is 1. The van der Waals surface area contributed by atoms with Crippen LogP contribution in [0.2, 0.25) is 0 Å². The van der Waals surface area contributed by atoms with Crippen molar-refractivity contribution >= 4 is 128 Å². The Labute approximate surface area is 837 Å². The van der Waals surface area contributed by atoms with E-state index in [9.17, 15) is 91.0 Å². The van der Waals surface area contributed by atoms with E-state index in [4.69, 9.17) is 55.9 Å². The van der Waals surface area contributed by atoms with Crippen LogP contribution in [0.4, 0.5) is 52.7 Å². The van der Waals surface area contributed by atoms with Gasteiger partial charge in [0.15, 0.2) is 87.7 Å². The van der Waals surface area contributed by atoms with Crippen LogP contribution in [0, 0.1) is 69.8 Å². The van der Waals surface area contributed by atoms with Crippen LogP contribution in [0.3, 0.4) is 0 Å². The number of hydrogen-bond donors (Lipinski definition) is 5. The van der Waals surface area contributed by atoms with E-state index < -0.39 is 111 Å². The molecule has 0 bridgehead atoms. The van der Waals surface area contributed by atoms with Crippen LogP contribution in [-0.4, -0.2) is 166 Å². The zero-order valence-corrected chi connectivity index (χ0v) is 84.1. The van der Waals surface area contributed by atoms with Gasteiger partial charge in [0.2, 0.25) is 0 Å².